The van der Waals surface area contributed by atoms with E-state index in [-0.39, 0.29) is 23.6 Å². The molecule has 0 spiro atoms. The van der Waals surface area contributed by atoms with Gasteiger partial charge in [0.2, 0.25) is 15.9 Å². The van der Waals surface area contributed by atoms with Gasteiger partial charge in [0.05, 0.1) is 17.0 Å². The molecule has 7 nitrogen and oxygen atoms in total. The normalized spacial score (nSPS) is 17.0. The fraction of sp³-hybridized carbons (Fsp3) is 0.353. The van der Waals surface area contributed by atoms with Gasteiger partial charge in [-0.25, -0.2) is 22.9 Å². The molecule has 2 aliphatic carbocycles. The van der Waals surface area contributed by atoms with Crippen LogP contribution in [-0.4, -0.2) is 23.9 Å². The quantitative estimate of drug-likeness (QED) is 0.223. The summed E-state index contributed by atoms with van der Waals surface area (Å²) in [5, 5.41) is 4.67. The van der Waals surface area contributed by atoms with Gasteiger partial charge in [-0.15, -0.1) is 0 Å². The Morgan fingerprint density at radius 1 is 1.00 bits per heavy atom. The predicted octanol–water partition coefficient (Wildman–Crippen LogP) is 7.15. The standard InChI is InChI=1S/C25H26FN3O.C7H6F3NO2S.C2H6/c1-28-13-12-27-24(28)16-29(21-11-8-17-4-2-3-5-19(17)14-21)25(30)23-15-22(23)18-6-9-20(26)10-7-18;8-7(9,10)5-2-1-3-6(4-5)14(11,12)13;1-2/h6-14,22-23H,2-5,15-16H2,1H3;1-4H,(H2,11,12,13);1-2H3. The van der Waals surface area contributed by atoms with Crippen molar-refractivity contribution < 1.29 is 30.8 Å². The molecule has 1 saturated carbocycles. The van der Waals surface area contributed by atoms with Crippen LogP contribution in [0.3, 0.4) is 0 Å². The van der Waals surface area contributed by atoms with Crippen LogP contribution in [-0.2, 0) is 47.4 Å². The third kappa shape index (κ3) is 8.61. The Balaban J connectivity index is 0.000000253. The molecule has 0 saturated heterocycles. The number of hydrogen-bond acceptors (Lipinski definition) is 4. The molecule has 3 aromatic carbocycles. The van der Waals surface area contributed by atoms with Crippen molar-refractivity contribution in [1.82, 2.24) is 9.55 Å². The monoisotopic (exact) mass is 658 g/mol. The highest BCUT2D eigenvalue weighted by atomic mass is 32.2. The number of nitrogens with zero attached hydrogens (tertiary/aromatic N) is 3. The predicted molar refractivity (Wildman–Crippen MR) is 169 cm³/mol. The molecule has 1 amide bonds. The number of halogens is 4. The number of amides is 1. The molecule has 1 aromatic heterocycles. The lowest BCUT2D eigenvalue weighted by Crippen LogP contribution is -2.33. The second-order valence-corrected chi connectivity index (χ2v) is 12.7. The van der Waals surface area contributed by atoms with Gasteiger partial charge in [-0.1, -0.05) is 38.1 Å². The minimum Gasteiger partial charge on any atom is -0.337 e. The van der Waals surface area contributed by atoms with E-state index in [0.29, 0.717) is 12.6 Å². The summed E-state index contributed by atoms with van der Waals surface area (Å²) in [6.07, 6.45) is 4.57. The summed E-state index contributed by atoms with van der Waals surface area (Å²) in [5.41, 5.74) is 3.72. The molecule has 4 aromatic rings. The van der Waals surface area contributed by atoms with Crippen molar-refractivity contribution in [3.8, 4) is 0 Å². The summed E-state index contributed by atoms with van der Waals surface area (Å²) in [6.45, 7) is 4.45. The van der Waals surface area contributed by atoms with Crippen molar-refractivity contribution in [2.45, 2.75) is 69.5 Å². The number of carbonyl (C=O) groups excluding carboxylic acids is 1. The molecule has 246 valence electrons. The number of anilines is 1. The van der Waals surface area contributed by atoms with Crippen molar-refractivity contribution in [3.63, 3.8) is 0 Å². The minimum absolute atomic E-state index is 0.0632. The summed E-state index contributed by atoms with van der Waals surface area (Å²) in [6, 6.07) is 16.3. The molecular weight excluding hydrogens is 620 g/mol. The zero-order valence-corrected chi connectivity index (χ0v) is 26.8. The molecule has 2 unspecified atom stereocenters. The average Bonchev–Trinajstić information content (AvgIpc) is 3.74. The van der Waals surface area contributed by atoms with Crippen LogP contribution in [0.1, 0.15) is 67.1 Å². The maximum absolute atomic E-state index is 13.6. The minimum atomic E-state index is -4.57. The maximum Gasteiger partial charge on any atom is 0.416 e. The lowest BCUT2D eigenvalue weighted by atomic mass is 9.91. The molecule has 1 heterocycles. The Kier molecular flexibility index (Phi) is 11.1. The van der Waals surface area contributed by atoms with Gasteiger partial charge in [0.25, 0.3) is 0 Å². The lowest BCUT2D eigenvalue weighted by molar-refractivity contribution is -0.137. The molecular formula is C34H38F4N4O3S. The first kappa shape index (κ1) is 34.8. The number of nitrogens with two attached hydrogens (primary N) is 1. The molecule has 46 heavy (non-hydrogen) atoms. The van der Waals surface area contributed by atoms with E-state index >= 15 is 0 Å². The Hall–Kier alpha value is -4.03. The van der Waals surface area contributed by atoms with Crippen LogP contribution in [0.5, 0.6) is 0 Å². The summed E-state index contributed by atoms with van der Waals surface area (Å²) >= 11 is 0. The van der Waals surface area contributed by atoms with Crippen LogP contribution in [0, 0.1) is 11.7 Å². The van der Waals surface area contributed by atoms with Gasteiger partial charge in [0, 0.05) is 31.0 Å². The van der Waals surface area contributed by atoms with Crippen molar-refractivity contribution in [3.05, 3.63) is 113 Å². The van der Waals surface area contributed by atoms with Crippen molar-refractivity contribution in [1.29, 1.82) is 0 Å². The average molecular weight is 659 g/mol. The van der Waals surface area contributed by atoms with E-state index in [1.165, 1.54) is 36.1 Å². The van der Waals surface area contributed by atoms with Gasteiger partial charge in [0.1, 0.15) is 11.6 Å². The molecule has 0 radical (unpaired) electrons. The summed E-state index contributed by atoms with van der Waals surface area (Å²) in [4.78, 5) is 19.4. The number of fused-ring (bicyclic) bond motifs is 1. The molecule has 1 fully saturated rings. The Morgan fingerprint density at radius 2 is 1.67 bits per heavy atom. The third-order valence-corrected chi connectivity index (χ3v) is 8.94. The van der Waals surface area contributed by atoms with Crippen molar-refractivity contribution in [2.75, 3.05) is 4.90 Å². The number of imidazole rings is 1. The first-order valence-corrected chi connectivity index (χ1v) is 16.7. The highest BCUT2D eigenvalue weighted by Gasteiger charge is 2.46. The van der Waals surface area contributed by atoms with Crippen LogP contribution in [0.4, 0.5) is 23.2 Å². The maximum atomic E-state index is 13.6. The topological polar surface area (TPSA) is 98.3 Å². The number of carbonyl (C=O) groups is 1. The first-order valence-electron chi connectivity index (χ1n) is 15.2. The number of hydrogen-bond donors (Lipinski definition) is 1. The lowest BCUT2D eigenvalue weighted by Gasteiger charge is -2.25. The van der Waals surface area contributed by atoms with Crippen LogP contribution in [0.2, 0.25) is 0 Å². The van der Waals surface area contributed by atoms with Gasteiger partial charge in [-0.2, -0.15) is 13.2 Å². The number of benzene rings is 3. The number of aromatic nitrogens is 2. The fourth-order valence-corrected chi connectivity index (χ4v) is 6.03. The number of rotatable bonds is 6. The van der Waals surface area contributed by atoms with E-state index in [4.69, 9.17) is 0 Å². The molecule has 2 N–H and O–H groups in total. The fourth-order valence-electron chi connectivity index (χ4n) is 5.47. The largest absolute Gasteiger partial charge is 0.416 e. The number of aryl methyl sites for hydroxylation is 3. The van der Waals surface area contributed by atoms with Gasteiger partial charge in [0.15, 0.2) is 0 Å². The molecule has 2 atom stereocenters. The van der Waals surface area contributed by atoms with Crippen molar-refractivity contribution >= 4 is 21.6 Å². The molecule has 12 heteroatoms. The van der Waals surface area contributed by atoms with Crippen LogP contribution in [0.25, 0.3) is 0 Å². The SMILES string of the molecule is CC.Cn1ccnc1CN(C(=O)C1CC1c1ccc(F)cc1)c1ccc2c(c1)CCCC2.NS(=O)(=O)c1cccc(C(F)(F)F)c1. The second-order valence-electron chi connectivity index (χ2n) is 11.1. The van der Waals surface area contributed by atoms with E-state index in [1.54, 1.807) is 18.3 Å². The van der Waals surface area contributed by atoms with E-state index in [0.717, 1.165) is 54.5 Å². The van der Waals surface area contributed by atoms with E-state index in [9.17, 15) is 30.8 Å². The van der Waals surface area contributed by atoms with Crippen LogP contribution in [0.15, 0.2) is 84.0 Å². The number of alkyl halides is 3. The summed E-state index contributed by atoms with van der Waals surface area (Å²) in [5.74, 6) is 0.849. The highest BCUT2D eigenvalue weighted by Crippen LogP contribution is 2.49. The van der Waals surface area contributed by atoms with Gasteiger partial charge in [-0.05, 0) is 97.2 Å². The highest BCUT2D eigenvalue weighted by molar-refractivity contribution is 7.89. The number of primary sulfonamides is 1. The summed E-state index contributed by atoms with van der Waals surface area (Å²) in [7, 11) is -2.13. The van der Waals surface area contributed by atoms with Gasteiger partial charge < -0.3 is 9.47 Å². The molecule has 0 aliphatic heterocycles. The zero-order chi connectivity index (χ0) is 33.6. The van der Waals surface area contributed by atoms with Crippen LogP contribution >= 0.6 is 0 Å². The number of sulfonamides is 1. The molecule has 0 bridgehead atoms. The second kappa shape index (κ2) is 14.6. The van der Waals surface area contributed by atoms with E-state index in [1.807, 2.05) is 36.6 Å². The van der Waals surface area contributed by atoms with E-state index in [2.05, 4.69) is 28.3 Å². The van der Waals surface area contributed by atoms with Crippen LogP contribution < -0.4 is 10.0 Å². The molecule has 6 rings (SSSR count). The van der Waals surface area contributed by atoms with E-state index < -0.39 is 26.7 Å². The smallest absolute Gasteiger partial charge is 0.337 e. The van der Waals surface area contributed by atoms with Gasteiger partial charge in [-0.3, -0.25) is 4.79 Å². The Labute approximate surface area is 267 Å². The zero-order valence-electron chi connectivity index (χ0n) is 26.0. The Morgan fingerprint density at radius 3 is 2.28 bits per heavy atom. The van der Waals surface area contributed by atoms with Gasteiger partial charge >= 0.3 is 6.18 Å². The summed E-state index contributed by atoms with van der Waals surface area (Å²) < 4.78 is 73.0. The first-order chi connectivity index (χ1) is 21.8. The molecule has 2 aliphatic rings. The third-order valence-electron chi connectivity index (χ3n) is 8.03. The van der Waals surface area contributed by atoms with Crippen molar-refractivity contribution in [2.24, 2.45) is 18.1 Å². The Bertz CT molecular complexity index is 1750.